The molecule has 4 unspecified atom stereocenters. The Kier molecular flexibility index (Phi) is 2.53. The number of rotatable bonds is 3. The molecule has 0 spiro atoms. The van der Waals surface area contributed by atoms with Gasteiger partial charge < -0.3 is 5.73 Å². The van der Waals surface area contributed by atoms with Gasteiger partial charge in [-0.2, -0.15) is 0 Å². The fraction of sp³-hybridized carbons (Fsp3) is 0.571. The lowest BCUT2D eigenvalue weighted by Crippen LogP contribution is -2.40. The number of nitrogens with zero attached hydrogens (tertiary/aromatic N) is 2. The molecule has 0 aliphatic heterocycles. The number of aromatic nitrogens is 2. The van der Waals surface area contributed by atoms with Crippen LogP contribution in [-0.4, -0.2) is 21.2 Å². The Morgan fingerprint density at radius 2 is 2.32 bits per heavy atom. The second-order valence-electron chi connectivity index (χ2n) is 5.90. The SMILES string of the molecule is NC1C2CCC(C2)C1C(=O)Cc1cn2ccsc2n1. The summed E-state index contributed by atoms with van der Waals surface area (Å²) in [6.45, 7) is 0. The van der Waals surface area contributed by atoms with Crippen LogP contribution in [0.2, 0.25) is 0 Å². The van der Waals surface area contributed by atoms with Crippen LogP contribution < -0.4 is 5.73 Å². The average Bonchev–Trinajstić information content (AvgIpc) is 3.05. The number of carbonyl (C=O) groups excluding carboxylic acids is 1. The van der Waals surface area contributed by atoms with E-state index in [9.17, 15) is 4.79 Å². The number of thiazole rings is 1. The Morgan fingerprint density at radius 3 is 3.05 bits per heavy atom. The Balaban J connectivity index is 1.53. The molecule has 0 radical (unpaired) electrons. The fourth-order valence-corrected chi connectivity index (χ4v) is 4.69. The summed E-state index contributed by atoms with van der Waals surface area (Å²) in [6.07, 6.45) is 7.95. The van der Waals surface area contributed by atoms with Crippen molar-refractivity contribution in [3.05, 3.63) is 23.5 Å². The van der Waals surface area contributed by atoms with Crippen LogP contribution in [0.25, 0.3) is 4.96 Å². The number of imidazole rings is 1. The molecule has 2 aliphatic carbocycles. The predicted molar refractivity (Wildman–Crippen MR) is 74.1 cm³/mol. The third kappa shape index (κ3) is 1.75. The van der Waals surface area contributed by atoms with Crippen molar-refractivity contribution in [3.63, 3.8) is 0 Å². The molecule has 2 N–H and O–H groups in total. The fourth-order valence-electron chi connectivity index (χ4n) is 3.97. The number of hydrogen-bond donors (Lipinski definition) is 1. The molecule has 4 nitrogen and oxygen atoms in total. The topological polar surface area (TPSA) is 60.4 Å². The van der Waals surface area contributed by atoms with Gasteiger partial charge in [0.05, 0.1) is 12.1 Å². The van der Waals surface area contributed by atoms with Crippen LogP contribution in [0.1, 0.15) is 25.0 Å². The number of ketones is 1. The molecule has 19 heavy (non-hydrogen) atoms. The molecule has 2 saturated carbocycles. The van der Waals surface area contributed by atoms with Crippen molar-refractivity contribution in [2.75, 3.05) is 0 Å². The molecule has 2 bridgehead atoms. The second kappa shape index (κ2) is 4.15. The van der Waals surface area contributed by atoms with E-state index in [1.165, 1.54) is 12.8 Å². The van der Waals surface area contributed by atoms with Crippen molar-refractivity contribution in [1.82, 2.24) is 9.38 Å². The van der Waals surface area contributed by atoms with E-state index in [0.717, 1.165) is 17.1 Å². The lowest BCUT2D eigenvalue weighted by Gasteiger charge is -2.26. The summed E-state index contributed by atoms with van der Waals surface area (Å²) in [5, 5.41) is 2.00. The lowest BCUT2D eigenvalue weighted by molar-refractivity contribution is -0.124. The van der Waals surface area contributed by atoms with Crippen molar-refractivity contribution in [2.24, 2.45) is 23.5 Å². The van der Waals surface area contributed by atoms with E-state index in [1.54, 1.807) is 11.3 Å². The van der Waals surface area contributed by atoms with Gasteiger partial charge in [0.25, 0.3) is 0 Å². The predicted octanol–water partition coefficient (Wildman–Crippen LogP) is 1.88. The molecule has 100 valence electrons. The Morgan fingerprint density at radius 1 is 1.47 bits per heavy atom. The summed E-state index contributed by atoms with van der Waals surface area (Å²) in [7, 11) is 0. The third-order valence-corrected chi connectivity index (χ3v) is 5.62. The summed E-state index contributed by atoms with van der Waals surface area (Å²) in [4.78, 5) is 17.9. The summed E-state index contributed by atoms with van der Waals surface area (Å²) in [5.41, 5.74) is 7.11. The normalized spacial score (nSPS) is 33.3. The number of Topliss-reactive ketones (excluding diaryl/α,β-unsaturated/α-hetero) is 1. The van der Waals surface area contributed by atoms with E-state index in [1.807, 2.05) is 22.2 Å². The van der Waals surface area contributed by atoms with Crippen molar-refractivity contribution in [3.8, 4) is 0 Å². The van der Waals surface area contributed by atoms with E-state index in [-0.39, 0.29) is 12.0 Å². The van der Waals surface area contributed by atoms with Gasteiger partial charge in [-0.3, -0.25) is 9.20 Å². The first-order chi connectivity index (χ1) is 9.22. The zero-order valence-electron chi connectivity index (χ0n) is 10.7. The zero-order chi connectivity index (χ0) is 13.0. The number of hydrogen-bond acceptors (Lipinski definition) is 4. The lowest BCUT2D eigenvalue weighted by atomic mass is 9.81. The third-order valence-electron chi connectivity index (χ3n) is 4.85. The van der Waals surface area contributed by atoms with Crippen molar-refractivity contribution < 1.29 is 4.79 Å². The molecule has 0 amide bonds. The standard InChI is InChI=1S/C14H17N3OS/c15-13-9-2-1-8(5-9)12(13)11(18)6-10-7-17-3-4-19-14(17)16-10/h3-4,7-9,12-13H,1-2,5-6,15H2. The van der Waals surface area contributed by atoms with Crippen LogP contribution in [0, 0.1) is 17.8 Å². The summed E-state index contributed by atoms with van der Waals surface area (Å²) < 4.78 is 1.98. The van der Waals surface area contributed by atoms with Crippen LogP contribution in [0.3, 0.4) is 0 Å². The van der Waals surface area contributed by atoms with Crippen LogP contribution in [0.4, 0.5) is 0 Å². The van der Waals surface area contributed by atoms with Crippen LogP contribution in [0.5, 0.6) is 0 Å². The van der Waals surface area contributed by atoms with Crippen molar-refractivity contribution in [2.45, 2.75) is 31.7 Å². The maximum Gasteiger partial charge on any atom is 0.193 e. The molecule has 2 fully saturated rings. The maximum atomic E-state index is 12.5. The molecule has 2 heterocycles. The van der Waals surface area contributed by atoms with E-state index >= 15 is 0 Å². The molecule has 4 rings (SSSR count). The van der Waals surface area contributed by atoms with Gasteiger partial charge in [0.2, 0.25) is 0 Å². The minimum Gasteiger partial charge on any atom is -0.327 e. The molecule has 2 aromatic rings. The molecule has 0 saturated heterocycles. The molecule has 5 heteroatoms. The highest BCUT2D eigenvalue weighted by atomic mass is 32.1. The van der Waals surface area contributed by atoms with Gasteiger partial charge in [-0.25, -0.2) is 4.98 Å². The second-order valence-corrected chi connectivity index (χ2v) is 6.78. The summed E-state index contributed by atoms with van der Waals surface area (Å²) in [6, 6.07) is 0.0926. The number of nitrogens with two attached hydrogens (primary N) is 1. The highest BCUT2D eigenvalue weighted by Crippen LogP contribution is 2.48. The van der Waals surface area contributed by atoms with Crippen LogP contribution >= 0.6 is 11.3 Å². The first kappa shape index (κ1) is 11.6. The minimum absolute atomic E-state index is 0.0819. The summed E-state index contributed by atoms with van der Waals surface area (Å²) >= 11 is 1.60. The molecule has 4 atom stereocenters. The molecule has 2 aromatic heterocycles. The molecular formula is C14H17N3OS. The van der Waals surface area contributed by atoms with Gasteiger partial charge >= 0.3 is 0 Å². The Hall–Kier alpha value is -1.20. The van der Waals surface area contributed by atoms with E-state index in [2.05, 4.69) is 4.98 Å². The van der Waals surface area contributed by atoms with E-state index < -0.39 is 0 Å². The van der Waals surface area contributed by atoms with Gasteiger partial charge in [-0.15, -0.1) is 11.3 Å². The minimum atomic E-state index is 0.0819. The van der Waals surface area contributed by atoms with E-state index in [4.69, 9.17) is 5.73 Å². The largest absolute Gasteiger partial charge is 0.327 e. The average molecular weight is 275 g/mol. The summed E-state index contributed by atoms with van der Waals surface area (Å²) in [5.74, 6) is 1.50. The van der Waals surface area contributed by atoms with Gasteiger partial charge in [-0.1, -0.05) is 0 Å². The van der Waals surface area contributed by atoms with Gasteiger partial charge in [0, 0.05) is 29.7 Å². The zero-order valence-corrected chi connectivity index (χ0v) is 11.5. The first-order valence-corrected chi connectivity index (χ1v) is 7.79. The van der Waals surface area contributed by atoms with Crippen molar-refractivity contribution in [1.29, 1.82) is 0 Å². The highest BCUT2D eigenvalue weighted by molar-refractivity contribution is 7.15. The number of carbonyl (C=O) groups is 1. The maximum absolute atomic E-state index is 12.5. The molecular weight excluding hydrogens is 258 g/mol. The quantitative estimate of drug-likeness (QED) is 0.930. The van der Waals surface area contributed by atoms with Crippen molar-refractivity contribution >= 4 is 22.1 Å². The molecule has 2 aliphatic rings. The Labute approximate surface area is 115 Å². The first-order valence-electron chi connectivity index (χ1n) is 6.92. The Bertz CT molecular complexity index is 601. The van der Waals surface area contributed by atoms with Crippen LogP contribution in [0.15, 0.2) is 17.8 Å². The smallest absolute Gasteiger partial charge is 0.193 e. The van der Waals surface area contributed by atoms with Gasteiger partial charge in [0.1, 0.15) is 5.78 Å². The van der Waals surface area contributed by atoms with Gasteiger partial charge in [-0.05, 0) is 31.1 Å². The highest BCUT2D eigenvalue weighted by Gasteiger charge is 2.48. The van der Waals surface area contributed by atoms with Crippen LogP contribution in [-0.2, 0) is 11.2 Å². The number of fused-ring (bicyclic) bond motifs is 3. The molecule has 0 aromatic carbocycles. The van der Waals surface area contributed by atoms with E-state index in [0.29, 0.717) is 24.0 Å². The monoisotopic (exact) mass is 275 g/mol. The van der Waals surface area contributed by atoms with Gasteiger partial charge in [0.15, 0.2) is 4.96 Å².